The second-order valence-corrected chi connectivity index (χ2v) is 3.70. The quantitative estimate of drug-likeness (QED) is 0.697. The molecule has 5 nitrogen and oxygen atoms in total. The molecule has 0 spiro atoms. The summed E-state index contributed by atoms with van der Waals surface area (Å²) in [5.41, 5.74) is 0. The first-order valence-corrected chi connectivity index (χ1v) is 4.59. The highest BCUT2D eigenvalue weighted by molar-refractivity contribution is 5.67. The van der Waals surface area contributed by atoms with Crippen LogP contribution in [0.1, 0.15) is 19.3 Å². The summed E-state index contributed by atoms with van der Waals surface area (Å²) >= 11 is 0. The Morgan fingerprint density at radius 3 is 1.86 bits per heavy atom. The Kier molecular flexibility index (Phi) is 3.88. The average Bonchev–Trinajstić information content (AvgIpc) is 2.01. The zero-order chi connectivity index (χ0) is 10.6. The molecule has 0 aromatic carbocycles. The van der Waals surface area contributed by atoms with Crippen LogP contribution in [0.2, 0.25) is 0 Å². The molecule has 0 radical (unpaired) electrons. The Bertz CT molecular complexity index is 203. The van der Waals surface area contributed by atoms with E-state index in [0.29, 0.717) is 19.6 Å². The van der Waals surface area contributed by atoms with Gasteiger partial charge in [0.05, 0.1) is 12.8 Å². The van der Waals surface area contributed by atoms with E-state index >= 15 is 0 Å². The van der Waals surface area contributed by atoms with Crippen LogP contribution in [0.4, 0.5) is 0 Å². The van der Waals surface area contributed by atoms with Crippen molar-refractivity contribution in [1.82, 2.24) is 0 Å². The van der Waals surface area contributed by atoms with Gasteiger partial charge in [-0.05, 0) is 18.3 Å². The average molecular weight is 202 g/mol. The lowest BCUT2D eigenvalue weighted by atomic mass is 9.89. The third kappa shape index (κ3) is 3.74. The SMILES string of the molecule is O=C(O)CC1COCC(CC(=O)O)C1. The Balaban J connectivity index is 2.35. The van der Waals surface area contributed by atoms with Crippen LogP contribution in [0.5, 0.6) is 0 Å². The van der Waals surface area contributed by atoms with Gasteiger partial charge in [0.2, 0.25) is 0 Å². The molecule has 1 heterocycles. The van der Waals surface area contributed by atoms with E-state index in [-0.39, 0.29) is 24.7 Å². The fraction of sp³-hybridized carbons (Fsp3) is 0.778. The number of hydrogen-bond acceptors (Lipinski definition) is 3. The lowest BCUT2D eigenvalue weighted by molar-refractivity contribution is -0.141. The van der Waals surface area contributed by atoms with E-state index in [1.807, 2.05) is 0 Å². The van der Waals surface area contributed by atoms with Crippen LogP contribution in [-0.4, -0.2) is 35.4 Å². The van der Waals surface area contributed by atoms with Crippen LogP contribution in [-0.2, 0) is 14.3 Å². The van der Waals surface area contributed by atoms with Crippen LogP contribution < -0.4 is 0 Å². The number of carboxylic acids is 2. The molecule has 0 amide bonds. The minimum atomic E-state index is -0.852. The zero-order valence-electron chi connectivity index (χ0n) is 7.81. The Morgan fingerprint density at radius 2 is 1.50 bits per heavy atom. The molecule has 2 N–H and O–H groups in total. The third-order valence-corrected chi connectivity index (χ3v) is 2.30. The summed E-state index contributed by atoms with van der Waals surface area (Å²) in [5, 5.41) is 17.1. The van der Waals surface area contributed by atoms with E-state index in [1.165, 1.54) is 0 Å². The summed E-state index contributed by atoms with van der Waals surface area (Å²) in [6.45, 7) is 0.866. The van der Waals surface area contributed by atoms with E-state index in [1.54, 1.807) is 0 Å². The molecule has 14 heavy (non-hydrogen) atoms. The molecule has 1 aliphatic heterocycles. The van der Waals surface area contributed by atoms with Gasteiger partial charge in [-0.1, -0.05) is 0 Å². The van der Waals surface area contributed by atoms with Gasteiger partial charge in [0.25, 0.3) is 0 Å². The van der Waals surface area contributed by atoms with Gasteiger partial charge in [-0.3, -0.25) is 9.59 Å². The predicted octanol–water partition coefficient (Wildman–Crippen LogP) is 0.589. The van der Waals surface area contributed by atoms with Crippen molar-refractivity contribution in [2.24, 2.45) is 11.8 Å². The molecule has 1 saturated heterocycles. The highest BCUT2D eigenvalue weighted by Gasteiger charge is 2.25. The van der Waals surface area contributed by atoms with E-state index in [4.69, 9.17) is 14.9 Å². The third-order valence-electron chi connectivity index (χ3n) is 2.30. The van der Waals surface area contributed by atoms with Gasteiger partial charge in [-0.25, -0.2) is 0 Å². The molecule has 2 atom stereocenters. The maximum Gasteiger partial charge on any atom is 0.303 e. The van der Waals surface area contributed by atoms with Crippen molar-refractivity contribution in [2.75, 3.05) is 13.2 Å². The molecule has 0 aromatic heterocycles. The van der Waals surface area contributed by atoms with Crippen LogP contribution in [0.15, 0.2) is 0 Å². The van der Waals surface area contributed by atoms with E-state index in [9.17, 15) is 9.59 Å². The number of ether oxygens (including phenoxy) is 1. The van der Waals surface area contributed by atoms with Crippen LogP contribution in [0.3, 0.4) is 0 Å². The standard InChI is InChI=1S/C9H14O5/c10-8(11)2-6-1-7(3-9(12)13)5-14-4-6/h6-7H,1-5H2,(H,10,11)(H,12,13). The minimum Gasteiger partial charge on any atom is -0.481 e. The lowest BCUT2D eigenvalue weighted by Gasteiger charge is -2.27. The van der Waals surface area contributed by atoms with Crippen LogP contribution in [0, 0.1) is 11.8 Å². The molecule has 5 heteroatoms. The summed E-state index contributed by atoms with van der Waals surface area (Å²) in [5.74, 6) is -1.78. The van der Waals surface area contributed by atoms with Crippen molar-refractivity contribution in [3.63, 3.8) is 0 Å². The zero-order valence-corrected chi connectivity index (χ0v) is 7.81. The van der Waals surface area contributed by atoms with Gasteiger partial charge < -0.3 is 14.9 Å². The Morgan fingerprint density at radius 1 is 1.07 bits per heavy atom. The molecule has 2 unspecified atom stereocenters. The van der Waals surface area contributed by atoms with Gasteiger partial charge >= 0.3 is 11.9 Å². The van der Waals surface area contributed by atoms with Gasteiger partial charge in [0.15, 0.2) is 0 Å². The number of carboxylic acid groups (broad SMARTS) is 2. The predicted molar refractivity (Wildman–Crippen MR) is 46.9 cm³/mol. The molecule has 0 aromatic rings. The summed E-state index contributed by atoms with van der Waals surface area (Å²) in [7, 11) is 0. The lowest BCUT2D eigenvalue weighted by Crippen LogP contribution is -2.28. The van der Waals surface area contributed by atoms with Crippen LogP contribution >= 0.6 is 0 Å². The smallest absolute Gasteiger partial charge is 0.303 e. The largest absolute Gasteiger partial charge is 0.481 e. The summed E-state index contributed by atoms with van der Waals surface area (Å²) < 4.78 is 5.17. The molecule has 80 valence electrons. The summed E-state index contributed by atoms with van der Waals surface area (Å²) in [4.78, 5) is 20.8. The summed E-state index contributed by atoms with van der Waals surface area (Å²) in [6.07, 6.45) is 0.769. The minimum absolute atomic E-state index is 0.0365. The van der Waals surface area contributed by atoms with E-state index in [2.05, 4.69) is 0 Å². The highest BCUT2D eigenvalue weighted by Crippen LogP contribution is 2.24. The van der Waals surface area contributed by atoms with Crippen molar-refractivity contribution >= 4 is 11.9 Å². The fourth-order valence-corrected chi connectivity index (χ4v) is 1.79. The molecule has 0 saturated carbocycles. The molecule has 0 aliphatic carbocycles. The highest BCUT2D eigenvalue weighted by atomic mass is 16.5. The molecule has 1 rings (SSSR count). The van der Waals surface area contributed by atoms with Crippen LogP contribution in [0.25, 0.3) is 0 Å². The molecule has 1 aliphatic rings. The van der Waals surface area contributed by atoms with Crippen molar-refractivity contribution < 1.29 is 24.5 Å². The number of rotatable bonds is 4. The normalized spacial score (nSPS) is 27.1. The van der Waals surface area contributed by atoms with Gasteiger partial charge in [0.1, 0.15) is 0 Å². The van der Waals surface area contributed by atoms with Gasteiger partial charge in [0, 0.05) is 13.2 Å². The number of carbonyl (C=O) groups is 2. The first-order chi connectivity index (χ1) is 6.58. The number of aliphatic carboxylic acids is 2. The topological polar surface area (TPSA) is 83.8 Å². The van der Waals surface area contributed by atoms with Crippen molar-refractivity contribution in [3.8, 4) is 0 Å². The first kappa shape index (κ1) is 11.0. The van der Waals surface area contributed by atoms with Crippen molar-refractivity contribution in [3.05, 3.63) is 0 Å². The van der Waals surface area contributed by atoms with E-state index < -0.39 is 11.9 Å². The van der Waals surface area contributed by atoms with Gasteiger partial charge in [-0.15, -0.1) is 0 Å². The van der Waals surface area contributed by atoms with Crippen molar-refractivity contribution in [1.29, 1.82) is 0 Å². The Hall–Kier alpha value is -1.10. The molecular formula is C9H14O5. The second-order valence-electron chi connectivity index (χ2n) is 3.70. The number of hydrogen-bond donors (Lipinski definition) is 2. The Labute approximate surface area is 81.7 Å². The fourth-order valence-electron chi connectivity index (χ4n) is 1.79. The van der Waals surface area contributed by atoms with Crippen molar-refractivity contribution in [2.45, 2.75) is 19.3 Å². The monoisotopic (exact) mass is 202 g/mol. The van der Waals surface area contributed by atoms with Gasteiger partial charge in [-0.2, -0.15) is 0 Å². The maximum atomic E-state index is 10.4. The summed E-state index contributed by atoms with van der Waals surface area (Å²) in [6, 6.07) is 0. The first-order valence-electron chi connectivity index (χ1n) is 4.59. The second kappa shape index (κ2) is 4.95. The molecular weight excluding hydrogens is 188 g/mol. The van der Waals surface area contributed by atoms with E-state index in [0.717, 1.165) is 0 Å². The molecule has 1 fully saturated rings. The molecule has 0 bridgehead atoms. The maximum absolute atomic E-state index is 10.4.